The summed E-state index contributed by atoms with van der Waals surface area (Å²) in [5, 5.41) is 0. The number of ether oxygens (including phenoxy) is 2. The van der Waals surface area contributed by atoms with Crippen molar-refractivity contribution in [3.63, 3.8) is 0 Å². The molecule has 70 valence electrons. The quantitative estimate of drug-likeness (QED) is 0.571. The van der Waals surface area contributed by atoms with E-state index in [9.17, 15) is 9.59 Å². The van der Waals surface area contributed by atoms with Gasteiger partial charge in [-0.1, -0.05) is 0 Å². The second kappa shape index (κ2) is 5.71. The molecule has 0 unspecified atom stereocenters. The Morgan fingerprint density at radius 2 is 2.00 bits per heavy atom. The maximum atomic E-state index is 10.9. The number of esters is 1. The van der Waals surface area contributed by atoms with E-state index in [0.29, 0.717) is 6.61 Å². The van der Waals surface area contributed by atoms with Gasteiger partial charge in [0.05, 0.1) is 6.61 Å². The maximum Gasteiger partial charge on any atom is 0.334 e. The highest BCUT2D eigenvalue weighted by Gasteiger charge is 2.14. The van der Waals surface area contributed by atoms with Gasteiger partial charge in [0.25, 0.3) is 0 Å². The van der Waals surface area contributed by atoms with Crippen molar-refractivity contribution in [3.05, 3.63) is 0 Å². The minimum absolute atomic E-state index is 0.0417. The lowest BCUT2D eigenvalue weighted by molar-refractivity contribution is -0.156. The predicted octanol–water partition coefficient (Wildman–Crippen LogP) is 0.544. The van der Waals surface area contributed by atoms with Gasteiger partial charge < -0.3 is 9.47 Å². The first-order chi connectivity index (χ1) is 5.57. The van der Waals surface area contributed by atoms with Crippen molar-refractivity contribution in [2.75, 3.05) is 13.2 Å². The molecular weight excluding hydrogens is 160 g/mol. The first-order valence-corrected chi connectivity index (χ1v) is 3.85. The summed E-state index contributed by atoms with van der Waals surface area (Å²) in [7, 11) is 0. The van der Waals surface area contributed by atoms with Crippen LogP contribution in [-0.2, 0) is 19.1 Å². The number of Topliss-reactive ketones (excluding diaryl/α,β-unsaturated/α-hetero) is 1. The van der Waals surface area contributed by atoms with Crippen LogP contribution in [-0.4, -0.2) is 31.1 Å². The van der Waals surface area contributed by atoms with Crippen molar-refractivity contribution < 1.29 is 19.1 Å². The third kappa shape index (κ3) is 4.85. The van der Waals surface area contributed by atoms with Crippen molar-refractivity contribution in [3.8, 4) is 0 Å². The van der Waals surface area contributed by atoms with Crippen LogP contribution in [0.25, 0.3) is 0 Å². The van der Waals surface area contributed by atoms with Crippen molar-refractivity contribution in [1.29, 1.82) is 0 Å². The molecule has 4 nitrogen and oxygen atoms in total. The summed E-state index contributed by atoms with van der Waals surface area (Å²) in [5.41, 5.74) is 0. The van der Waals surface area contributed by atoms with E-state index >= 15 is 0 Å². The highest BCUT2D eigenvalue weighted by molar-refractivity contribution is 5.78. The Kier molecular flexibility index (Phi) is 5.28. The molecule has 0 fully saturated rings. The van der Waals surface area contributed by atoms with E-state index in [1.807, 2.05) is 0 Å². The summed E-state index contributed by atoms with van der Waals surface area (Å²) in [5.74, 6) is -0.537. The standard InChI is InChI=1S/C8H14O4/c1-4-11-8(10)7(3)12-5-6(2)9/h7H,4-5H2,1-3H3/t7-/m1/s1. The summed E-state index contributed by atoms with van der Waals surface area (Å²) in [4.78, 5) is 21.3. The van der Waals surface area contributed by atoms with Crippen LogP contribution in [0.2, 0.25) is 0 Å². The first-order valence-electron chi connectivity index (χ1n) is 3.85. The molecule has 0 aromatic carbocycles. The molecule has 0 amide bonds. The van der Waals surface area contributed by atoms with Crippen molar-refractivity contribution in [2.45, 2.75) is 26.9 Å². The molecule has 12 heavy (non-hydrogen) atoms. The Morgan fingerprint density at radius 3 is 2.42 bits per heavy atom. The van der Waals surface area contributed by atoms with Gasteiger partial charge in [-0.2, -0.15) is 0 Å². The molecule has 0 aliphatic rings. The van der Waals surface area contributed by atoms with E-state index in [4.69, 9.17) is 4.74 Å². The van der Waals surface area contributed by atoms with E-state index in [1.54, 1.807) is 13.8 Å². The second-order valence-corrected chi connectivity index (χ2v) is 2.41. The van der Waals surface area contributed by atoms with Crippen LogP contribution in [0.5, 0.6) is 0 Å². The minimum atomic E-state index is -0.658. The summed E-state index contributed by atoms with van der Waals surface area (Å²) in [6.07, 6.45) is -0.658. The lowest BCUT2D eigenvalue weighted by Gasteiger charge is -2.09. The van der Waals surface area contributed by atoms with E-state index in [2.05, 4.69) is 4.74 Å². The van der Waals surface area contributed by atoms with Gasteiger partial charge in [-0.3, -0.25) is 4.79 Å². The molecule has 0 rings (SSSR count). The lowest BCUT2D eigenvalue weighted by Crippen LogP contribution is -2.25. The third-order valence-corrected chi connectivity index (χ3v) is 1.16. The zero-order valence-corrected chi connectivity index (χ0v) is 7.62. The SMILES string of the molecule is CCOC(=O)[C@@H](C)OCC(C)=O. The second-order valence-electron chi connectivity index (χ2n) is 2.41. The van der Waals surface area contributed by atoms with Crippen LogP contribution >= 0.6 is 0 Å². The summed E-state index contributed by atoms with van der Waals surface area (Å²) in [6, 6.07) is 0. The molecule has 0 aromatic rings. The number of ketones is 1. The van der Waals surface area contributed by atoms with Gasteiger partial charge in [0.15, 0.2) is 11.9 Å². The predicted molar refractivity (Wildman–Crippen MR) is 42.7 cm³/mol. The highest BCUT2D eigenvalue weighted by atomic mass is 16.6. The number of carbonyl (C=O) groups is 2. The van der Waals surface area contributed by atoms with Gasteiger partial charge in [-0.25, -0.2) is 4.79 Å². The summed E-state index contributed by atoms with van der Waals surface area (Å²) >= 11 is 0. The molecule has 0 saturated heterocycles. The average Bonchev–Trinajstić information content (AvgIpc) is 2.00. The number of carbonyl (C=O) groups excluding carboxylic acids is 2. The van der Waals surface area contributed by atoms with Crippen LogP contribution in [0.4, 0.5) is 0 Å². The van der Waals surface area contributed by atoms with E-state index in [1.165, 1.54) is 6.92 Å². The topological polar surface area (TPSA) is 52.6 Å². The third-order valence-electron chi connectivity index (χ3n) is 1.16. The molecule has 0 aromatic heterocycles. The van der Waals surface area contributed by atoms with Gasteiger partial charge in [0, 0.05) is 0 Å². The minimum Gasteiger partial charge on any atom is -0.464 e. The smallest absolute Gasteiger partial charge is 0.334 e. The first kappa shape index (κ1) is 11.1. The highest BCUT2D eigenvalue weighted by Crippen LogP contribution is 1.94. The van der Waals surface area contributed by atoms with Gasteiger partial charge in [0.2, 0.25) is 0 Å². The van der Waals surface area contributed by atoms with Crippen LogP contribution in [0, 0.1) is 0 Å². The van der Waals surface area contributed by atoms with Crippen LogP contribution in [0.3, 0.4) is 0 Å². The van der Waals surface area contributed by atoms with Crippen LogP contribution in [0.15, 0.2) is 0 Å². The van der Waals surface area contributed by atoms with Crippen LogP contribution < -0.4 is 0 Å². The molecule has 0 saturated carbocycles. The molecule has 0 bridgehead atoms. The van der Waals surface area contributed by atoms with E-state index in [-0.39, 0.29) is 12.4 Å². The molecular formula is C8H14O4. The van der Waals surface area contributed by atoms with Crippen molar-refractivity contribution >= 4 is 11.8 Å². The molecule has 0 heterocycles. The van der Waals surface area contributed by atoms with E-state index < -0.39 is 12.1 Å². The Bertz CT molecular complexity index is 164. The molecule has 0 spiro atoms. The zero-order chi connectivity index (χ0) is 9.56. The van der Waals surface area contributed by atoms with Crippen molar-refractivity contribution in [1.82, 2.24) is 0 Å². The molecule has 0 N–H and O–H groups in total. The Labute approximate surface area is 71.8 Å². The maximum absolute atomic E-state index is 10.9. The normalized spacial score (nSPS) is 12.2. The fourth-order valence-electron chi connectivity index (χ4n) is 0.570. The number of rotatable bonds is 5. The van der Waals surface area contributed by atoms with Gasteiger partial charge in [-0.15, -0.1) is 0 Å². The van der Waals surface area contributed by atoms with E-state index in [0.717, 1.165) is 0 Å². The lowest BCUT2D eigenvalue weighted by atomic mass is 10.4. The van der Waals surface area contributed by atoms with Crippen LogP contribution in [0.1, 0.15) is 20.8 Å². The monoisotopic (exact) mass is 174 g/mol. The Morgan fingerprint density at radius 1 is 1.42 bits per heavy atom. The largest absolute Gasteiger partial charge is 0.464 e. The van der Waals surface area contributed by atoms with Gasteiger partial charge >= 0.3 is 5.97 Å². The number of hydrogen-bond acceptors (Lipinski definition) is 4. The molecule has 1 atom stereocenters. The molecule has 4 heteroatoms. The summed E-state index contributed by atoms with van der Waals surface area (Å²) < 4.78 is 9.55. The van der Waals surface area contributed by atoms with Gasteiger partial charge in [0.1, 0.15) is 6.61 Å². The van der Waals surface area contributed by atoms with Gasteiger partial charge in [-0.05, 0) is 20.8 Å². The fourth-order valence-corrected chi connectivity index (χ4v) is 0.570. The summed E-state index contributed by atoms with van der Waals surface area (Å²) in [6.45, 7) is 4.96. The zero-order valence-electron chi connectivity index (χ0n) is 7.62. The van der Waals surface area contributed by atoms with Crippen molar-refractivity contribution in [2.24, 2.45) is 0 Å². The fraction of sp³-hybridized carbons (Fsp3) is 0.750. The Hall–Kier alpha value is -0.900. The molecule has 0 aliphatic carbocycles. The average molecular weight is 174 g/mol. The molecule has 0 aliphatic heterocycles. The number of hydrogen-bond donors (Lipinski definition) is 0. The molecule has 0 radical (unpaired) electrons. The Balaban J connectivity index is 3.63.